The van der Waals surface area contributed by atoms with Gasteiger partial charge in [-0.3, -0.25) is 4.98 Å². The minimum atomic E-state index is -0.434. The van der Waals surface area contributed by atoms with Gasteiger partial charge in [0.15, 0.2) is 5.58 Å². The summed E-state index contributed by atoms with van der Waals surface area (Å²) >= 11 is 0. The van der Waals surface area contributed by atoms with Crippen molar-refractivity contribution in [3.63, 3.8) is 0 Å². The van der Waals surface area contributed by atoms with Crippen LogP contribution < -0.4 is 11.1 Å². The molecule has 1 aromatic heterocycles. The molecule has 0 fully saturated rings. The van der Waals surface area contributed by atoms with E-state index in [1.165, 1.54) is 5.56 Å². The van der Waals surface area contributed by atoms with Gasteiger partial charge < -0.3 is 14.5 Å². The molecule has 0 unspecified atom stereocenters. The zero-order valence-electron chi connectivity index (χ0n) is 11.7. The first-order chi connectivity index (χ1) is 10.2. The van der Waals surface area contributed by atoms with Gasteiger partial charge in [0, 0.05) is 19.3 Å². The summed E-state index contributed by atoms with van der Waals surface area (Å²) in [4.78, 5) is 13.8. The Morgan fingerprint density at radius 1 is 1.14 bits per heavy atom. The van der Waals surface area contributed by atoms with Gasteiger partial charge in [-0.25, -0.2) is 4.79 Å². The van der Waals surface area contributed by atoms with Gasteiger partial charge in [-0.15, -0.1) is 0 Å². The van der Waals surface area contributed by atoms with Gasteiger partial charge in [-0.1, -0.05) is 24.3 Å². The third-order valence-corrected chi connectivity index (χ3v) is 3.25. The predicted molar refractivity (Wildman–Crippen MR) is 81.3 cm³/mol. The third-order valence-electron chi connectivity index (χ3n) is 3.25. The Hall–Kier alpha value is -2.53. The van der Waals surface area contributed by atoms with Crippen LogP contribution in [-0.2, 0) is 17.9 Å². The molecule has 5 heteroatoms. The van der Waals surface area contributed by atoms with Crippen LogP contribution >= 0.6 is 0 Å². The molecule has 0 saturated heterocycles. The summed E-state index contributed by atoms with van der Waals surface area (Å²) in [5.41, 5.74) is 4.52. The number of oxazole rings is 1. The monoisotopic (exact) mass is 284 g/mol. The smallest absolute Gasteiger partial charge is 0.408 e. The second-order valence-corrected chi connectivity index (χ2v) is 4.83. The van der Waals surface area contributed by atoms with E-state index in [2.05, 4.69) is 34.6 Å². The lowest BCUT2D eigenvalue weighted by molar-refractivity contribution is 0.185. The highest BCUT2D eigenvalue weighted by molar-refractivity contribution is 5.76. The minimum Gasteiger partial charge on any atom is -0.408 e. The Morgan fingerprint density at radius 3 is 2.67 bits per heavy atom. The van der Waals surface area contributed by atoms with Crippen molar-refractivity contribution in [3.8, 4) is 0 Å². The summed E-state index contributed by atoms with van der Waals surface area (Å²) in [5.74, 6) is -0.434. The average molecular weight is 284 g/mol. The molecular formula is C16H16N2O3. The van der Waals surface area contributed by atoms with Gasteiger partial charge in [0.1, 0.15) is 0 Å². The average Bonchev–Trinajstić information content (AvgIpc) is 2.86. The Morgan fingerprint density at radius 2 is 1.90 bits per heavy atom. The fraction of sp³-hybridized carbons (Fsp3) is 0.188. The van der Waals surface area contributed by atoms with Crippen molar-refractivity contribution in [1.82, 2.24) is 4.98 Å². The quantitative estimate of drug-likeness (QED) is 0.756. The summed E-state index contributed by atoms with van der Waals surface area (Å²) in [5, 5.41) is 3.32. The topological polar surface area (TPSA) is 67.3 Å². The maximum absolute atomic E-state index is 11.1. The molecule has 0 saturated carbocycles. The molecule has 0 atom stereocenters. The van der Waals surface area contributed by atoms with Gasteiger partial charge in [0.25, 0.3) is 0 Å². The highest BCUT2D eigenvalue weighted by Gasteiger charge is 2.02. The van der Waals surface area contributed by atoms with Crippen LogP contribution in [0.2, 0.25) is 0 Å². The number of nitrogens with one attached hydrogen (secondary N) is 2. The molecule has 0 radical (unpaired) electrons. The predicted octanol–water partition coefficient (Wildman–Crippen LogP) is 2.88. The van der Waals surface area contributed by atoms with E-state index in [-0.39, 0.29) is 0 Å². The molecular weight excluding hydrogens is 268 g/mol. The van der Waals surface area contributed by atoms with E-state index in [1.54, 1.807) is 13.2 Å². The molecule has 0 aliphatic heterocycles. The summed E-state index contributed by atoms with van der Waals surface area (Å²) in [7, 11) is 1.69. The summed E-state index contributed by atoms with van der Waals surface area (Å²) < 4.78 is 10.1. The number of anilines is 1. The van der Waals surface area contributed by atoms with Gasteiger partial charge in [0.2, 0.25) is 0 Å². The van der Waals surface area contributed by atoms with Gasteiger partial charge in [0.05, 0.1) is 12.1 Å². The molecule has 2 N–H and O–H groups in total. The van der Waals surface area contributed by atoms with Crippen molar-refractivity contribution in [1.29, 1.82) is 0 Å². The van der Waals surface area contributed by atoms with E-state index in [4.69, 9.17) is 9.15 Å². The molecule has 108 valence electrons. The van der Waals surface area contributed by atoms with Crippen LogP contribution in [0.25, 0.3) is 11.1 Å². The van der Waals surface area contributed by atoms with Gasteiger partial charge >= 0.3 is 5.76 Å². The second-order valence-electron chi connectivity index (χ2n) is 4.83. The van der Waals surface area contributed by atoms with Crippen LogP contribution in [0.3, 0.4) is 0 Å². The molecule has 2 aromatic carbocycles. The van der Waals surface area contributed by atoms with Crippen LogP contribution in [0.5, 0.6) is 0 Å². The number of fused-ring (bicyclic) bond motifs is 1. The van der Waals surface area contributed by atoms with Crippen molar-refractivity contribution >= 4 is 16.8 Å². The zero-order chi connectivity index (χ0) is 14.7. The molecule has 21 heavy (non-hydrogen) atoms. The van der Waals surface area contributed by atoms with Crippen molar-refractivity contribution in [2.24, 2.45) is 0 Å². The zero-order valence-corrected chi connectivity index (χ0v) is 11.7. The van der Waals surface area contributed by atoms with E-state index >= 15 is 0 Å². The van der Waals surface area contributed by atoms with Crippen LogP contribution in [0.15, 0.2) is 51.7 Å². The van der Waals surface area contributed by atoms with E-state index in [0.717, 1.165) is 11.3 Å². The number of ether oxygens (including phenoxy) is 1. The van der Waals surface area contributed by atoms with Gasteiger partial charge in [-0.2, -0.15) is 0 Å². The highest BCUT2D eigenvalue weighted by atomic mass is 16.5. The maximum atomic E-state index is 11.1. The number of rotatable bonds is 5. The largest absolute Gasteiger partial charge is 0.417 e. The SMILES string of the molecule is COCc1ccc(CNc2ccc3oc(=O)[nH]c3c2)cc1. The second kappa shape index (κ2) is 5.85. The van der Waals surface area contributed by atoms with Gasteiger partial charge in [-0.05, 0) is 29.3 Å². The molecule has 0 amide bonds. The maximum Gasteiger partial charge on any atom is 0.417 e. The Bertz CT molecular complexity index is 787. The van der Waals surface area contributed by atoms with Crippen molar-refractivity contribution in [2.75, 3.05) is 12.4 Å². The van der Waals surface area contributed by atoms with E-state index in [9.17, 15) is 4.79 Å². The number of benzene rings is 2. The highest BCUT2D eigenvalue weighted by Crippen LogP contribution is 2.17. The van der Waals surface area contributed by atoms with Crippen molar-refractivity contribution in [2.45, 2.75) is 13.2 Å². The number of methoxy groups -OCH3 is 1. The third kappa shape index (κ3) is 3.14. The Balaban J connectivity index is 1.69. The van der Waals surface area contributed by atoms with E-state index in [1.807, 2.05) is 12.1 Å². The van der Waals surface area contributed by atoms with Crippen LogP contribution in [0.1, 0.15) is 11.1 Å². The molecule has 0 bridgehead atoms. The molecule has 1 heterocycles. The summed E-state index contributed by atoms with van der Waals surface area (Å²) in [6, 6.07) is 13.8. The van der Waals surface area contributed by atoms with Crippen molar-refractivity contribution in [3.05, 3.63) is 64.1 Å². The Labute approximate surface area is 121 Å². The summed E-state index contributed by atoms with van der Waals surface area (Å²) in [6.45, 7) is 1.33. The normalized spacial score (nSPS) is 10.9. The van der Waals surface area contributed by atoms with Crippen LogP contribution in [-0.4, -0.2) is 12.1 Å². The molecule has 0 spiro atoms. The van der Waals surface area contributed by atoms with Crippen LogP contribution in [0, 0.1) is 0 Å². The number of hydrogen-bond acceptors (Lipinski definition) is 4. The number of H-pyrrole nitrogens is 1. The minimum absolute atomic E-state index is 0.434. The fourth-order valence-corrected chi connectivity index (χ4v) is 2.19. The van der Waals surface area contributed by atoms with E-state index < -0.39 is 5.76 Å². The standard InChI is InChI=1S/C16H16N2O3/c1-20-10-12-4-2-11(3-5-12)9-17-13-6-7-15-14(8-13)18-16(19)21-15/h2-8,17H,9-10H2,1H3,(H,18,19). The first-order valence-corrected chi connectivity index (χ1v) is 6.68. The van der Waals surface area contributed by atoms with Crippen LogP contribution in [0.4, 0.5) is 5.69 Å². The molecule has 0 aliphatic carbocycles. The number of aromatic amines is 1. The van der Waals surface area contributed by atoms with E-state index in [0.29, 0.717) is 24.3 Å². The lowest BCUT2D eigenvalue weighted by Crippen LogP contribution is -1.99. The first-order valence-electron chi connectivity index (χ1n) is 6.68. The first kappa shape index (κ1) is 13.5. The lowest BCUT2D eigenvalue weighted by Gasteiger charge is -2.07. The fourth-order valence-electron chi connectivity index (χ4n) is 2.19. The molecule has 3 rings (SSSR count). The lowest BCUT2D eigenvalue weighted by atomic mass is 10.1. The summed E-state index contributed by atoms with van der Waals surface area (Å²) in [6.07, 6.45) is 0. The Kier molecular flexibility index (Phi) is 3.75. The molecule has 5 nitrogen and oxygen atoms in total. The molecule has 0 aliphatic rings. The number of aromatic nitrogens is 1. The number of hydrogen-bond donors (Lipinski definition) is 2. The molecule has 3 aromatic rings. The van der Waals surface area contributed by atoms with Crippen molar-refractivity contribution < 1.29 is 9.15 Å².